The summed E-state index contributed by atoms with van der Waals surface area (Å²) in [6, 6.07) is 2.70. The summed E-state index contributed by atoms with van der Waals surface area (Å²) >= 11 is 1.67. The van der Waals surface area contributed by atoms with Gasteiger partial charge in [0.1, 0.15) is 0 Å². The average Bonchev–Trinajstić information content (AvgIpc) is 3.09. The first-order chi connectivity index (χ1) is 10.7. The summed E-state index contributed by atoms with van der Waals surface area (Å²) in [5.74, 6) is 0.793. The molecule has 0 saturated heterocycles. The molecule has 116 valence electrons. The first-order valence-electron chi connectivity index (χ1n) is 8.11. The quantitative estimate of drug-likeness (QED) is 0.940. The molecule has 0 bridgehead atoms. The van der Waals surface area contributed by atoms with Crippen LogP contribution in [0, 0.1) is 5.92 Å². The maximum absolute atomic E-state index is 12.4. The molecule has 1 N–H and O–H groups in total. The maximum Gasteiger partial charge on any atom is 0.261 e. The van der Waals surface area contributed by atoms with Crippen LogP contribution in [0.4, 0.5) is 0 Å². The molecule has 0 spiro atoms. The Morgan fingerprint density at radius 3 is 3.14 bits per heavy atom. The zero-order valence-corrected chi connectivity index (χ0v) is 13.7. The molecule has 5 heteroatoms. The van der Waals surface area contributed by atoms with E-state index >= 15 is 0 Å². The predicted molar refractivity (Wildman–Crippen MR) is 87.2 cm³/mol. The molecule has 1 fully saturated rings. The highest BCUT2D eigenvalue weighted by molar-refractivity contribution is 7.14. The fourth-order valence-electron chi connectivity index (χ4n) is 3.23. The summed E-state index contributed by atoms with van der Waals surface area (Å²) in [6.07, 6.45) is 9.69. The molecule has 0 aliphatic heterocycles. The number of aromatic nitrogens is 2. The summed E-state index contributed by atoms with van der Waals surface area (Å²) in [4.78, 5) is 18.9. The molecule has 0 unspecified atom stereocenters. The molecule has 0 aromatic carbocycles. The lowest BCUT2D eigenvalue weighted by atomic mass is 9.90. The Hall–Kier alpha value is -1.62. The van der Waals surface area contributed by atoms with Gasteiger partial charge in [0.15, 0.2) is 0 Å². The molecule has 2 aromatic rings. The molecule has 2 aliphatic rings. The van der Waals surface area contributed by atoms with Crippen LogP contribution >= 0.6 is 11.3 Å². The Kier molecular flexibility index (Phi) is 3.53. The van der Waals surface area contributed by atoms with E-state index in [2.05, 4.69) is 27.9 Å². The molecule has 2 heterocycles. The molecule has 0 radical (unpaired) electrons. The third-order valence-corrected chi connectivity index (χ3v) is 5.91. The molecule has 1 amide bonds. The minimum absolute atomic E-state index is 0.0515. The van der Waals surface area contributed by atoms with E-state index in [1.807, 2.05) is 12.5 Å². The fraction of sp³-hybridized carbons (Fsp3) is 0.529. The average molecular weight is 315 g/mol. The van der Waals surface area contributed by atoms with E-state index in [-0.39, 0.29) is 5.91 Å². The van der Waals surface area contributed by atoms with E-state index < -0.39 is 0 Å². The topological polar surface area (TPSA) is 46.9 Å². The number of fused-ring (bicyclic) bond motifs is 1. The fourth-order valence-corrected chi connectivity index (χ4v) is 4.35. The first-order valence-corrected chi connectivity index (χ1v) is 8.93. The van der Waals surface area contributed by atoms with Crippen LogP contribution in [0.3, 0.4) is 0 Å². The summed E-state index contributed by atoms with van der Waals surface area (Å²) < 4.78 is 2.20. The van der Waals surface area contributed by atoms with E-state index in [1.54, 1.807) is 11.3 Å². The summed E-state index contributed by atoms with van der Waals surface area (Å²) in [5, 5.41) is 3.06. The Labute approximate surface area is 134 Å². The third kappa shape index (κ3) is 2.70. The minimum Gasteiger partial charge on any atom is -0.346 e. The van der Waals surface area contributed by atoms with Crippen molar-refractivity contribution in [3.05, 3.63) is 39.6 Å². The normalized spacial score (nSPS) is 20.7. The Bertz CT molecular complexity index is 699. The van der Waals surface area contributed by atoms with E-state index in [0.717, 1.165) is 29.3 Å². The van der Waals surface area contributed by atoms with Crippen LogP contribution in [0.15, 0.2) is 18.6 Å². The number of carbonyl (C=O) groups excluding carboxylic acids is 1. The second kappa shape index (κ2) is 5.54. The van der Waals surface area contributed by atoms with Gasteiger partial charge in [0, 0.05) is 17.1 Å². The third-order valence-electron chi connectivity index (χ3n) is 4.67. The number of carbonyl (C=O) groups is 1. The van der Waals surface area contributed by atoms with E-state index in [0.29, 0.717) is 12.6 Å². The highest BCUT2D eigenvalue weighted by Crippen LogP contribution is 2.35. The highest BCUT2D eigenvalue weighted by atomic mass is 32.1. The number of aryl methyl sites for hydroxylation is 1. The van der Waals surface area contributed by atoms with E-state index in [1.165, 1.54) is 29.7 Å². The Balaban J connectivity index is 1.43. The van der Waals surface area contributed by atoms with Gasteiger partial charge < -0.3 is 9.88 Å². The van der Waals surface area contributed by atoms with Crippen LogP contribution in [0.2, 0.25) is 0 Å². The molecule has 1 saturated carbocycles. The lowest BCUT2D eigenvalue weighted by Gasteiger charge is -2.16. The number of imidazole rings is 1. The predicted octanol–water partition coefficient (Wildman–Crippen LogP) is 3.33. The van der Waals surface area contributed by atoms with Crippen LogP contribution in [0.1, 0.15) is 58.0 Å². The van der Waals surface area contributed by atoms with Crippen LogP contribution < -0.4 is 5.32 Å². The van der Waals surface area contributed by atoms with Crippen molar-refractivity contribution in [1.29, 1.82) is 0 Å². The van der Waals surface area contributed by atoms with Crippen molar-refractivity contribution >= 4 is 17.2 Å². The van der Waals surface area contributed by atoms with Crippen LogP contribution in [-0.4, -0.2) is 15.5 Å². The summed E-state index contributed by atoms with van der Waals surface area (Å²) in [6.45, 7) is 2.85. The van der Waals surface area contributed by atoms with E-state index in [4.69, 9.17) is 0 Å². The van der Waals surface area contributed by atoms with Gasteiger partial charge in [0.25, 0.3) is 5.91 Å². The molecule has 4 nitrogen and oxygen atoms in total. The van der Waals surface area contributed by atoms with Gasteiger partial charge in [-0.2, -0.15) is 0 Å². The van der Waals surface area contributed by atoms with Crippen LogP contribution in [0.5, 0.6) is 0 Å². The number of hydrogen-bond acceptors (Lipinski definition) is 3. The van der Waals surface area contributed by atoms with Gasteiger partial charge in [0.05, 0.1) is 23.4 Å². The van der Waals surface area contributed by atoms with Gasteiger partial charge in [-0.25, -0.2) is 4.98 Å². The van der Waals surface area contributed by atoms with Gasteiger partial charge in [-0.15, -0.1) is 11.3 Å². The van der Waals surface area contributed by atoms with Gasteiger partial charge >= 0.3 is 0 Å². The number of hydrogen-bond donors (Lipinski definition) is 1. The SMILES string of the molecule is C[C@@H]1CCc2sc(C(=O)NCc3cncn3C3CC3)cc2C1. The smallest absolute Gasteiger partial charge is 0.261 e. The number of rotatable bonds is 4. The Morgan fingerprint density at radius 1 is 1.45 bits per heavy atom. The molecule has 1 atom stereocenters. The second-order valence-corrected chi connectivity index (χ2v) is 7.75. The molecule has 2 aromatic heterocycles. The van der Waals surface area contributed by atoms with Crippen molar-refractivity contribution in [2.24, 2.45) is 5.92 Å². The first kappa shape index (κ1) is 14.0. The largest absolute Gasteiger partial charge is 0.346 e. The number of nitrogens with zero attached hydrogens (tertiary/aromatic N) is 2. The van der Waals surface area contributed by atoms with Crippen LogP contribution in [0.25, 0.3) is 0 Å². The molecule has 2 aliphatic carbocycles. The second-order valence-electron chi connectivity index (χ2n) is 6.61. The van der Waals surface area contributed by atoms with Crippen molar-refractivity contribution in [3.8, 4) is 0 Å². The van der Waals surface area contributed by atoms with Gasteiger partial charge in [-0.05, 0) is 49.7 Å². The minimum atomic E-state index is 0.0515. The lowest BCUT2D eigenvalue weighted by molar-refractivity contribution is 0.0954. The summed E-state index contributed by atoms with van der Waals surface area (Å²) in [5.41, 5.74) is 2.49. The number of nitrogens with one attached hydrogen (secondary N) is 1. The van der Waals surface area contributed by atoms with Gasteiger partial charge in [0.2, 0.25) is 0 Å². The molecule has 22 heavy (non-hydrogen) atoms. The monoisotopic (exact) mass is 315 g/mol. The van der Waals surface area contributed by atoms with Crippen molar-refractivity contribution in [2.75, 3.05) is 0 Å². The van der Waals surface area contributed by atoms with Crippen molar-refractivity contribution in [2.45, 2.75) is 51.6 Å². The zero-order valence-electron chi connectivity index (χ0n) is 12.8. The van der Waals surface area contributed by atoms with Crippen molar-refractivity contribution in [1.82, 2.24) is 14.9 Å². The standard InChI is InChI=1S/C17H21N3OS/c1-11-2-5-15-12(6-11)7-16(22-15)17(21)19-9-14-8-18-10-20(14)13-3-4-13/h7-8,10-11,13H,2-6,9H2,1H3,(H,19,21)/t11-/m1/s1. The van der Waals surface area contributed by atoms with Crippen molar-refractivity contribution < 1.29 is 4.79 Å². The Morgan fingerprint density at radius 2 is 2.32 bits per heavy atom. The van der Waals surface area contributed by atoms with Gasteiger partial charge in [-0.1, -0.05) is 6.92 Å². The molecule has 4 rings (SSSR count). The highest BCUT2D eigenvalue weighted by Gasteiger charge is 2.25. The number of thiophene rings is 1. The van der Waals surface area contributed by atoms with Crippen LogP contribution in [-0.2, 0) is 19.4 Å². The van der Waals surface area contributed by atoms with Crippen molar-refractivity contribution in [3.63, 3.8) is 0 Å². The van der Waals surface area contributed by atoms with E-state index in [9.17, 15) is 4.79 Å². The maximum atomic E-state index is 12.4. The van der Waals surface area contributed by atoms with Gasteiger partial charge in [-0.3, -0.25) is 4.79 Å². The molecular weight excluding hydrogens is 294 g/mol. The summed E-state index contributed by atoms with van der Waals surface area (Å²) in [7, 11) is 0. The lowest BCUT2D eigenvalue weighted by Crippen LogP contribution is -2.23. The number of amides is 1. The zero-order chi connectivity index (χ0) is 15.1. The molecular formula is C17H21N3OS.